The molecule has 164 valence electrons. The Labute approximate surface area is 178 Å². The van der Waals surface area contributed by atoms with Gasteiger partial charge in [0, 0.05) is 0 Å². The smallest absolute Gasteiger partial charge is 0.0953 e. The molecule has 0 aromatic rings. The fourth-order valence-electron chi connectivity index (χ4n) is 8.99. The second kappa shape index (κ2) is 6.83. The van der Waals surface area contributed by atoms with Crippen molar-refractivity contribution in [2.24, 2.45) is 40.4 Å². The van der Waals surface area contributed by atoms with Gasteiger partial charge in [-0.1, -0.05) is 39.3 Å². The lowest BCUT2D eigenvalue weighted by atomic mass is 9.47. The van der Waals surface area contributed by atoms with Gasteiger partial charge >= 0.3 is 0 Å². The normalized spacial score (nSPS) is 53.8. The highest BCUT2D eigenvalue weighted by Gasteiger charge is 2.67. The van der Waals surface area contributed by atoms with Crippen molar-refractivity contribution >= 4 is 0 Å². The van der Waals surface area contributed by atoms with Crippen LogP contribution in [0.15, 0.2) is 11.6 Å². The molecule has 9 atom stereocenters. The molecule has 0 radical (unpaired) electrons. The van der Waals surface area contributed by atoms with E-state index in [2.05, 4.69) is 40.7 Å². The average Bonchev–Trinajstić information content (AvgIpc) is 3.17. The standard InChI is InChI=1S/C27H44O2/c1-17(2)6-11-24-27(5,29-24)23-10-9-21-20-8-7-18-16-19(28)12-14-25(18,3)22(20)13-15-26(21,23)4/h7,17,19-24,28H,6,8-16H2,1-5H3/t19-,20-,21-,22-,23-,24+,25-,26-,27+/m0/s1. The van der Waals surface area contributed by atoms with Gasteiger partial charge in [-0.05, 0) is 112 Å². The Morgan fingerprint density at radius 3 is 2.62 bits per heavy atom. The summed E-state index contributed by atoms with van der Waals surface area (Å²) in [6, 6.07) is 0. The maximum Gasteiger partial charge on any atom is 0.0953 e. The maximum absolute atomic E-state index is 10.2. The molecular weight excluding hydrogens is 356 g/mol. The Bertz CT molecular complexity index is 682. The van der Waals surface area contributed by atoms with Crippen molar-refractivity contribution < 1.29 is 9.84 Å². The van der Waals surface area contributed by atoms with E-state index in [1.165, 1.54) is 51.4 Å². The fourth-order valence-corrected chi connectivity index (χ4v) is 8.99. The molecule has 1 heterocycles. The van der Waals surface area contributed by atoms with E-state index in [4.69, 9.17) is 4.74 Å². The SMILES string of the molecule is CC(C)CC[C@H]1O[C@]1(C)[C@H]1CC[C@H]2[C@@H]3CC=C4C[C@@H](O)CC[C@]4(C)[C@H]3CC[C@@]21C. The maximum atomic E-state index is 10.2. The molecule has 4 aliphatic carbocycles. The van der Waals surface area contributed by atoms with Gasteiger partial charge in [0.2, 0.25) is 0 Å². The van der Waals surface area contributed by atoms with Gasteiger partial charge < -0.3 is 9.84 Å². The summed E-state index contributed by atoms with van der Waals surface area (Å²) in [4.78, 5) is 0. The molecule has 5 rings (SSSR count). The molecular formula is C27H44O2. The number of epoxide rings is 1. The fraction of sp³-hybridized carbons (Fsp3) is 0.926. The monoisotopic (exact) mass is 400 g/mol. The lowest BCUT2D eigenvalue weighted by Gasteiger charge is -2.58. The minimum Gasteiger partial charge on any atom is -0.393 e. The summed E-state index contributed by atoms with van der Waals surface area (Å²) >= 11 is 0. The summed E-state index contributed by atoms with van der Waals surface area (Å²) in [6.45, 7) is 12.3. The largest absolute Gasteiger partial charge is 0.393 e. The Morgan fingerprint density at radius 1 is 1.07 bits per heavy atom. The topological polar surface area (TPSA) is 32.8 Å². The third-order valence-corrected chi connectivity index (χ3v) is 10.8. The Balaban J connectivity index is 1.35. The van der Waals surface area contributed by atoms with Crippen molar-refractivity contribution in [3.63, 3.8) is 0 Å². The molecule has 2 heteroatoms. The molecule has 1 N–H and O–H groups in total. The molecule has 29 heavy (non-hydrogen) atoms. The zero-order valence-corrected chi connectivity index (χ0v) is 19.5. The number of hydrogen-bond donors (Lipinski definition) is 1. The van der Waals surface area contributed by atoms with Crippen LogP contribution in [0.4, 0.5) is 0 Å². The van der Waals surface area contributed by atoms with Crippen LogP contribution in [-0.2, 0) is 4.74 Å². The predicted octanol–water partition coefficient (Wildman–Crippen LogP) is 6.52. The van der Waals surface area contributed by atoms with Crippen LogP contribution >= 0.6 is 0 Å². The van der Waals surface area contributed by atoms with Crippen molar-refractivity contribution in [1.29, 1.82) is 0 Å². The van der Waals surface area contributed by atoms with E-state index in [1.807, 2.05) is 0 Å². The number of ether oxygens (including phenoxy) is 1. The van der Waals surface area contributed by atoms with Crippen LogP contribution in [0, 0.1) is 40.4 Å². The van der Waals surface area contributed by atoms with Crippen LogP contribution in [0.1, 0.15) is 98.8 Å². The van der Waals surface area contributed by atoms with Gasteiger partial charge in [-0.15, -0.1) is 0 Å². The van der Waals surface area contributed by atoms with E-state index in [0.717, 1.165) is 42.4 Å². The third-order valence-electron chi connectivity index (χ3n) is 10.8. The summed E-state index contributed by atoms with van der Waals surface area (Å²) < 4.78 is 6.47. The van der Waals surface area contributed by atoms with Gasteiger partial charge in [-0.3, -0.25) is 0 Å². The molecule has 0 aromatic carbocycles. The van der Waals surface area contributed by atoms with Crippen LogP contribution < -0.4 is 0 Å². The lowest BCUT2D eigenvalue weighted by molar-refractivity contribution is -0.0596. The lowest BCUT2D eigenvalue weighted by Crippen LogP contribution is -2.51. The van der Waals surface area contributed by atoms with Crippen LogP contribution in [0.25, 0.3) is 0 Å². The second-order valence-corrected chi connectivity index (χ2v) is 12.6. The van der Waals surface area contributed by atoms with Crippen molar-refractivity contribution in [2.75, 3.05) is 0 Å². The van der Waals surface area contributed by atoms with Gasteiger partial charge in [-0.25, -0.2) is 0 Å². The predicted molar refractivity (Wildman–Crippen MR) is 119 cm³/mol. The zero-order chi connectivity index (χ0) is 20.6. The minimum absolute atomic E-state index is 0.0923. The average molecular weight is 401 g/mol. The van der Waals surface area contributed by atoms with E-state index in [9.17, 15) is 5.11 Å². The first-order valence-corrected chi connectivity index (χ1v) is 12.7. The molecule has 1 saturated heterocycles. The number of aliphatic hydroxyl groups excluding tert-OH is 1. The number of allylic oxidation sites excluding steroid dienone is 1. The number of hydrogen-bond acceptors (Lipinski definition) is 2. The van der Waals surface area contributed by atoms with E-state index in [0.29, 0.717) is 16.9 Å². The highest BCUT2D eigenvalue weighted by molar-refractivity contribution is 5.26. The van der Waals surface area contributed by atoms with Crippen LogP contribution in [0.5, 0.6) is 0 Å². The summed E-state index contributed by atoms with van der Waals surface area (Å²) in [5, 5.41) is 10.2. The number of aliphatic hydroxyl groups is 1. The highest BCUT2D eigenvalue weighted by atomic mass is 16.6. The summed E-state index contributed by atoms with van der Waals surface area (Å²) in [5.74, 6) is 4.11. The number of fused-ring (bicyclic) bond motifs is 5. The molecule has 3 saturated carbocycles. The first kappa shape index (κ1) is 20.6. The van der Waals surface area contributed by atoms with Gasteiger partial charge in [0.15, 0.2) is 0 Å². The van der Waals surface area contributed by atoms with Crippen LogP contribution in [-0.4, -0.2) is 22.9 Å². The van der Waals surface area contributed by atoms with Crippen molar-refractivity contribution in [3.8, 4) is 0 Å². The molecule has 0 unspecified atom stereocenters. The summed E-state index contributed by atoms with van der Waals surface area (Å²) in [6.07, 6.45) is 15.5. The van der Waals surface area contributed by atoms with E-state index >= 15 is 0 Å². The highest BCUT2D eigenvalue weighted by Crippen LogP contribution is 2.70. The van der Waals surface area contributed by atoms with Gasteiger partial charge in [-0.2, -0.15) is 0 Å². The van der Waals surface area contributed by atoms with Gasteiger partial charge in [0.25, 0.3) is 0 Å². The minimum atomic E-state index is -0.0923. The Hall–Kier alpha value is -0.340. The van der Waals surface area contributed by atoms with E-state index in [1.54, 1.807) is 5.57 Å². The van der Waals surface area contributed by atoms with Crippen molar-refractivity contribution in [3.05, 3.63) is 11.6 Å². The molecule has 0 amide bonds. The van der Waals surface area contributed by atoms with Crippen LogP contribution in [0.2, 0.25) is 0 Å². The first-order chi connectivity index (χ1) is 13.7. The Morgan fingerprint density at radius 2 is 1.86 bits per heavy atom. The summed E-state index contributed by atoms with van der Waals surface area (Å²) in [5.41, 5.74) is 2.58. The number of rotatable bonds is 4. The van der Waals surface area contributed by atoms with Crippen LogP contribution in [0.3, 0.4) is 0 Å². The first-order valence-electron chi connectivity index (χ1n) is 12.7. The molecule has 0 spiro atoms. The molecule has 2 nitrogen and oxygen atoms in total. The van der Waals surface area contributed by atoms with Gasteiger partial charge in [0.05, 0.1) is 17.8 Å². The molecule has 1 aliphatic heterocycles. The molecule has 0 aromatic heterocycles. The second-order valence-electron chi connectivity index (χ2n) is 12.6. The van der Waals surface area contributed by atoms with Crippen molar-refractivity contribution in [2.45, 2.75) is 117 Å². The molecule has 0 bridgehead atoms. The van der Waals surface area contributed by atoms with E-state index < -0.39 is 0 Å². The molecule has 4 fully saturated rings. The van der Waals surface area contributed by atoms with E-state index in [-0.39, 0.29) is 11.7 Å². The molecule has 5 aliphatic rings. The quantitative estimate of drug-likeness (QED) is 0.430. The third kappa shape index (κ3) is 3.02. The van der Waals surface area contributed by atoms with Crippen molar-refractivity contribution in [1.82, 2.24) is 0 Å². The van der Waals surface area contributed by atoms with Gasteiger partial charge in [0.1, 0.15) is 0 Å². The zero-order valence-electron chi connectivity index (χ0n) is 19.5. The Kier molecular flexibility index (Phi) is 4.84. The summed E-state index contributed by atoms with van der Waals surface area (Å²) in [7, 11) is 0.